The van der Waals surface area contributed by atoms with E-state index in [1.807, 2.05) is 6.92 Å². The van der Waals surface area contributed by atoms with Gasteiger partial charge in [0.1, 0.15) is 5.82 Å². The third kappa shape index (κ3) is 2.37. The molecule has 1 aromatic carbocycles. The lowest BCUT2D eigenvalue weighted by Crippen LogP contribution is -2.30. The van der Waals surface area contributed by atoms with Crippen molar-refractivity contribution in [3.63, 3.8) is 0 Å². The zero-order chi connectivity index (χ0) is 18.4. The minimum absolute atomic E-state index is 0.0369. The van der Waals surface area contributed by atoms with E-state index < -0.39 is 23.2 Å². The van der Waals surface area contributed by atoms with E-state index >= 15 is 0 Å². The van der Waals surface area contributed by atoms with E-state index in [1.54, 1.807) is 12.1 Å². The molecule has 0 fully saturated rings. The molecule has 1 atom stereocenters. The summed E-state index contributed by atoms with van der Waals surface area (Å²) in [4.78, 5) is 34.2. The van der Waals surface area contributed by atoms with Crippen LogP contribution in [0.2, 0.25) is 0 Å². The second-order valence-electron chi connectivity index (χ2n) is 6.08. The predicted octanol–water partition coefficient (Wildman–Crippen LogP) is 2.64. The average Bonchev–Trinajstić information content (AvgIpc) is 2.73. The quantitative estimate of drug-likeness (QED) is 0.766. The normalized spacial score (nSPS) is 16.0. The fraction of sp³-hybridized carbons (Fsp3) is 0.222. The number of benzene rings is 1. The van der Waals surface area contributed by atoms with Crippen LogP contribution in [0.4, 0.5) is 8.78 Å². The van der Waals surface area contributed by atoms with Gasteiger partial charge in [0.15, 0.2) is 17.5 Å². The molecule has 0 saturated carbocycles. The number of rotatable bonds is 2. The van der Waals surface area contributed by atoms with Crippen molar-refractivity contribution in [1.29, 1.82) is 0 Å². The van der Waals surface area contributed by atoms with Crippen LogP contribution in [0.5, 0.6) is 0 Å². The zero-order valence-corrected chi connectivity index (χ0v) is 13.8. The average molecular weight is 356 g/mol. The molecule has 0 spiro atoms. The first kappa shape index (κ1) is 16.3. The van der Waals surface area contributed by atoms with Crippen molar-refractivity contribution < 1.29 is 13.6 Å². The van der Waals surface area contributed by atoms with Gasteiger partial charge in [-0.15, -0.1) is 0 Å². The Labute approximate surface area is 146 Å². The summed E-state index contributed by atoms with van der Waals surface area (Å²) in [6.07, 6.45) is 2.71. The molecule has 1 aliphatic rings. The number of carbonyl (C=O) groups is 1. The first-order valence-electron chi connectivity index (χ1n) is 8.19. The number of amides is 1. The fourth-order valence-electron chi connectivity index (χ4n) is 3.18. The molecule has 6 nitrogen and oxygen atoms in total. The van der Waals surface area contributed by atoms with Crippen LogP contribution < -0.4 is 10.9 Å². The number of nitrogens with zero attached hydrogens (tertiary/aromatic N) is 3. The van der Waals surface area contributed by atoms with E-state index in [9.17, 15) is 18.4 Å². The van der Waals surface area contributed by atoms with Gasteiger partial charge < -0.3 is 5.32 Å². The third-order valence-electron chi connectivity index (χ3n) is 4.37. The molecule has 132 valence electrons. The molecule has 0 aliphatic carbocycles. The summed E-state index contributed by atoms with van der Waals surface area (Å²) >= 11 is 0. The van der Waals surface area contributed by atoms with Crippen LogP contribution in [-0.4, -0.2) is 20.4 Å². The van der Waals surface area contributed by atoms with Crippen LogP contribution in [-0.2, 0) is 0 Å². The van der Waals surface area contributed by atoms with Crippen molar-refractivity contribution in [1.82, 2.24) is 19.9 Å². The minimum Gasteiger partial charge on any atom is -0.342 e. The van der Waals surface area contributed by atoms with Crippen molar-refractivity contribution in [2.24, 2.45) is 0 Å². The van der Waals surface area contributed by atoms with Crippen LogP contribution in [0.25, 0.3) is 16.7 Å². The third-order valence-corrected chi connectivity index (χ3v) is 4.37. The maximum Gasteiger partial charge on any atom is 0.267 e. The SMILES string of the molecule is CCCC1NC(=O)c2cccnc2-n2c1nc1cc(F)c(F)cc1c2=O. The van der Waals surface area contributed by atoms with Gasteiger partial charge >= 0.3 is 0 Å². The lowest BCUT2D eigenvalue weighted by Gasteiger charge is -2.18. The van der Waals surface area contributed by atoms with Gasteiger partial charge in [0, 0.05) is 12.3 Å². The number of aromatic nitrogens is 3. The van der Waals surface area contributed by atoms with E-state index in [0.717, 1.165) is 18.6 Å². The molecule has 4 rings (SSSR count). The maximum absolute atomic E-state index is 13.7. The van der Waals surface area contributed by atoms with E-state index in [1.165, 1.54) is 10.8 Å². The van der Waals surface area contributed by atoms with E-state index in [2.05, 4.69) is 15.3 Å². The molecular formula is C18H14F2N4O2. The highest BCUT2D eigenvalue weighted by Gasteiger charge is 2.30. The summed E-state index contributed by atoms with van der Waals surface area (Å²) in [6, 6.07) is 4.31. The van der Waals surface area contributed by atoms with Crippen molar-refractivity contribution in [2.75, 3.05) is 0 Å². The van der Waals surface area contributed by atoms with Gasteiger partial charge in [-0.2, -0.15) is 0 Å². The van der Waals surface area contributed by atoms with E-state index in [0.29, 0.717) is 6.42 Å². The molecule has 3 aromatic rings. The molecule has 8 heteroatoms. The van der Waals surface area contributed by atoms with E-state index in [-0.39, 0.29) is 34.0 Å². The molecule has 0 bridgehead atoms. The lowest BCUT2D eigenvalue weighted by molar-refractivity contribution is 0.0935. The number of hydrogen-bond donors (Lipinski definition) is 1. The molecule has 3 heterocycles. The highest BCUT2D eigenvalue weighted by molar-refractivity contribution is 5.98. The first-order valence-corrected chi connectivity index (χ1v) is 8.19. The summed E-state index contributed by atoms with van der Waals surface area (Å²) < 4.78 is 28.5. The Morgan fingerprint density at radius 1 is 1.23 bits per heavy atom. The first-order chi connectivity index (χ1) is 12.5. The van der Waals surface area contributed by atoms with Gasteiger partial charge in [-0.1, -0.05) is 13.3 Å². The summed E-state index contributed by atoms with van der Waals surface area (Å²) in [5.74, 6) is -2.22. The Morgan fingerprint density at radius 2 is 2.00 bits per heavy atom. The molecule has 2 aromatic heterocycles. The highest BCUT2D eigenvalue weighted by Crippen LogP contribution is 2.26. The van der Waals surface area contributed by atoms with Crippen molar-refractivity contribution in [3.05, 3.63) is 63.8 Å². The molecule has 0 saturated heterocycles. The van der Waals surface area contributed by atoms with Gasteiger partial charge in [-0.3, -0.25) is 9.59 Å². The predicted molar refractivity (Wildman–Crippen MR) is 90.2 cm³/mol. The molecule has 1 amide bonds. The highest BCUT2D eigenvalue weighted by atomic mass is 19.2. The zero-order valence-electron chi connectivity index (χ0n) is 13.8. The number of halogens is 2. The summed E-state index contributed by atoms with van der Waals surface area (Å²) in [5, 5.41) is 2.77. The number of hydrogen-bond acceptors (Lipinski definition) is 4. The molecule has 1 N–H and O–H groups in total. The van der Waals surface area contributed by atoms with Crippen molar-refractivity contribution in [2.45, 2.75) is 25.8 Å². The van der Waals surface area contributed by atoms with Gasteiger partial charge in [-0.05, 0) is 24.6 Å². The lowest BCUT2D eigenvalue weighted by atomic mass is 10.1. The fourth-order valence-corrected chi connectivity index (χ4v) is 3.18. The summed E-state index contributed by atoms with van der Waals surface area (Å²) in [7, 11) is 0. The standard InChI is InChI=1S/C18H14F2N4O2/c1-2-4-13-16-22-14-8-12(20)11(19)7-10(14)18(26)24(16)15-9(17(25)23-13)5-3-6-21-15/h3,5-8,13H,2,4H2,1H3,(H,23,25). The summed E-state index contributed by atoms with van der Waals surface area (Å²) in [5.41, 5.74) is -0.338. The van der Waals surface area contributed by atoms with Gasteiger partial charge in [0.25, 0.3) is 11.5 Å². The largest absolute Gasteiger partial charge is 0.342 e. The van der Waals surface area contributed by atoms with Crippen LogP contribution in [0.3, 0.4) is 0 Å². The molecule has 26 heavy (non-hydrogen) atoms. The minimum atomic E-state index is -1.13. The second-order valence-corrected chi connectivity index (χ2v) is 6.08. The van der Waals surface area contributed by atoms with Crippen LogP contribution in [0.15, 0.2) is 35.3 Å². The smallest absolute Gasteiger partial charge is 0.267 e. The van der Waals surface area contributed by atoms with Crippen LogP contribution in [0.1, 0.15) is 42.0 Å². The van der Waals surface area contributed by atoms with Crippen LogP contribution >= 0.6 is 0 Å². The van der Waals surface area contributed by atoms with Gasteiger partial charge in [-0.25, -0.2) is 23.3 Å². The monoisotopic (exact) mass is 356 g/mol. The van der Waals surface area contributed by atoms with Gasteiger partial charge in [0.2, 0.25) is 0 Å². The Morgan fingerprint density at radius 3 is 2.77 bits per heavy atom. The van der Waals surface area contributed by atoms with Gasteiger partial charge in [0.05, 0.1) is 22.5 Å². The maximum atomic E-state index is 13.7. The Hall–Kier alpha value is -3.16. The molecular weight excluding hydrogens is 342 g/mol. The van der Waals surface area contributed by atoms with Crippen LogP contribution in [0, 0.1) is 11.6 Å². The number of fused-ring (bicyclic) bond motifs is 4. The van der Waals surface area contributed by atoms with Crippen molar-refractivity contribution >= 4 is 16.8 Å². The number of carbonyl (C=O) groups excluding carboxylic acids is 1. The number of nitrogens with one attached hydrogen (secondary N) is 1. The molecule has 1 unspecified atom stereocenters. The second kappa shape index (κ2) is 5.98. The molecule has 1 aliphatic heterocycles. The number of pyridine rings is 1. The van der Waals surface area contributed by atoms with Crippen molar-refractivity contribution in [3.8, 4) is 5.82 Å². The Kier molecular flexibility index (Phi) is 3.75. The van der Waals surface area contributed by atoms with E-state index in [4.69, 9.17) is 0 Å². The topological polar surface area (TPSA) is 76.9 Å². The Balaban J connectivity index is 2.14. The summed E-state index contributed by atoms with van der Waals surface area (Å²) in [6.45, 7) is 1.93. The Bertz CT molecular complexity index is 1110. The molecule has 0 radical (unpaired) electrons.